The van der Waals surface area contributed by atoms with Crippen LogP contribution in [0.4, 0.5) is 0 Å². The summed E-state index contributed by atoms with van der Waals surface area (Å²) in [6.07, 6.45) is 2.58. The summed E-state index contributed by atoms with van der Waals surface area (Å²) in [7, 11) is -3.25. The van der Waals surface area contributed by atoms with Gasteiger partial charge in [-0.1, -0.05) is 5.16 Å². The maximum atomic E-state index is 11.4. The number of nitrogens with zero attached hydrogens (tertiary/aromatic N) is 2. The highest BCUT2D eigenvalue weighted by atomic mass is 32.2. The van der Waals surface area contributed by atoms with Gasteiger partial charge in [-0.3, -0.25) is 0 Å². The van der Waals surface area contributed by atoms with E-state index in [0.29, 0.717) is 11.3 Å². The molecule has 0 saturated carbocycles. The topological polar surface area (TPSA) is 115 Å². The van der Waals surface area contributed by atoms with Gasteiger partial charge in [-0.2, -0.15) is 0 Å². The van der Waals surface area contributed by atoms with Crippen LogP contribution in [0.25, 0.3) is 0 Å². The molecule has 0 aliphatic rings. The lowest BCUT2D eigenvalue weighted by molar-refractivity contribution is 0.318. The molecule has 3 N–H and O–H groups in total. The number of hydrogen-bond donors (Lipinski definition) is 2. The first-order valence-electron chi connectivity index (χ1n) is 5.82. The van der Waals surface area contributed by atoms with E-state index in [-0.39, 0.29) is 16.6 Å². The number of benzene rings is 1. The lowest BCUT2D eigenvalue weighted by Crippen LogP contribution is -2.13. The predicted octanol–water partition coefficient (Wildman–Crippen LogP) is 1.37. The highest BCUT2D eigenvalue weighted by molar-refractivity contribution is 7.90. The third-order valence-corrected chi connectivity index (χ3v) is 3.74. The molecular formula is C13H13N3O4S. The Kier molecular flexibility index (Phi) is 4.08. The van der Waals surface area contributed by atoms with Crippen LogP contribution in [0.2, 0.25) is 0 Å². The fourth-order valence-corrected chi connectivity index (χ4v) is 2.19. The smallest absolute Gasteiger partial charge is 0.219 e. The van der Waals surface area contributed by atoms with E-state index in [1.807, 2.05) is 0 Å². The Bertz CT molecular complexity index is 770. The van der Waals surface area contributed by atoms with Gasteiger partial charge in [-0.25, -0.2) is 13.4 Å². The van der Waals surface area contributed by atoms with Crippen LogP contribution in [0.1, 0.15) is 5.56 Å². The lowest BCUT2D eigenvalue weighted by Gasteiger charge is -2.06. The third kappa shape index (κ3) is 3.69. The van der Waals surface area contributed by atoms with Gasteiger partial charge in [0.2, 0.25) is 5.88 Å². The molecule has 21 heavy (non-hydrogen) atoms. The number of aromatic nitrogens is 1. The molecule has 0 fully saturated rings. The number of hydrogen-bond acceptors (Lipinski definition) is 6. The van der Waals surface area contributed by atoms with E-state index in [9.17, 15) is 8.42 Å². The van der Waals surface area contributed by atoms with Crippen LogP contribution in [-0.2, 0) is 9.84 Å². The zero-order chi connectivity index (χ0) is 15.5. The minimum atomic E-state index is -3.25. The SMILES string of the molecule is CS(=O)(=O)c1ccc(Oc2cc(/C(N)=N/O)ccn2)cc1. The predicted molar refractivity (Wildman–Crippen MR) is 76.4 cm³/mol. The largest absolute Gasteiger partial charge is 0.439 e. The highest BCUT2D eigenvalue weighted by Crippen LogP contribution is 2.21. The van der Waals surface area contributed by atoms with Crippen molar-refractivity contribution < 1.29 is 18.4 Å². The minimum absolute atomic E-state index is 0.0605. The molecule has 2 rings (SSSR count). The number of amidine groups is 1. The van der Waals surface area contributed by atoms with Gasteiger partial charge >= 0.3 is 0 Å². The lowest BCUT2D eigenvalue weighted by atomic mass is 10.2. The first kappa shape index (κ1) is 14.8. The summed E-state index contributed by atoms with van der Waals surface area (Å²) in [6, 6.07) is 8.99. The van der Waals surface area contributed by atoms with Gasteiger partial charge in [0, 0.05) is 24.1 Å². The number of sulfone groups is 1. The van der Waals surface area contributed by atoms with E-state index < -0.39 is 9.84 Å². The van der Waals surface area contributed by atoms with Gasteiger partial charge in [-0.15, -0.1) is 0 Å². The fourth-order valence-electron chi connectivity index (χ4n) is 1.56. The Morgan fingerprint density at radius 3 is 2.52 bits per heavy atom. The van der Waals surface area contributed by atoms with E-state index in [1.165, 1.54) is 36.5 Å². The fraction of sp³-hybridized carbons (Fsp3) is 0.0769. The quantitative estimate of drug-likeness (QED) is 0.381. The molecule has 0 bridgehead atoms. The molecule has 7 nitrogen and oxygen atoms in total. The van der Waals surface area contributed by atoms with E-state index in [0.717, 1.165) is 6.26 Å². The van der Waals surface area contributed by atoms with Crippen molar-refractivity contribution in [2.45, 2.75) is 4.90 Å². The number of pyridine rings is 1. The van der Waals surface area contributed by atoms with Crippen LogP contribution in [0, 0.1) is 0 Å². The summed E-state index contributed by atoms with van der Waals surface area (Å²) in [4.78, 5) is 4.19. The molecule has 1 aromatic carbocycles. The molecule has 1 aromatic heterocycles. The first-order valence-corrected chi connectivity index (χ1v) is 7.71. The number of rotatable bonds is 4. The van der Waals surface area contributed by atoms with Crippen molar-refractivity contribution in [1.82, 2.24) is 4.98 Å². The molecule has 0 aliphatic heterocycles. The molecule has 0 spiro atoms. The van der Waals surface area contributed by atoms with E-state index in [2.05, 4.69) is 10.1 Å². The Balaban J connectivity index is 2.23. The van der Waals surface area contributed by atoms with Crippen LogP contribution in [0.3, 0.4) is 0 Å². The normalized spacial score (nSPS) is 12.1. The first-order chi connectivity index (χ1) is 9.90. The van der Waals surface area contributed by atoms with Crippen LogP contribution in [0.15, 0.2) is 52.6 Å². The molecule has 0 atom stereocenters. The van der Waals surface area contributed by atoms with Crippen molar-refractivity contribution in [3.8, 4) is 11.6 Å². The van der Waals surface area contributed by atoms with Crippen molar-refractivity contribution in [3.63, 3.8) is 0 Å². The number of oxime groups is 1. The number of nitrogens with two attached hydrogens (primary N) is 1. The Morgan fingerprint density at radius 1 is 1.29 bits per heavy atom. The van der Waals surface area contributed by atoms with E-state index in [1.54, 1.807) is 6.07 Å². The van der Waals surface area contributed by atoms with Crippen LogP contribution < -0.4 is 10.5 Å². The molecule has 8 heteroatoms. The van der Waals surface area contributed by atoms with Crippen molar-refractivity contribution in [1.29, 1.82) is 0 Å². The summed E-state index contributed by atoms with van der Waals surface area (Å²) < 4.78 is 28.2. The highest BCUT2D eigenvalue weighted by Gasteiger charge is 2.08. The Morgan fingerprint density at radius 2 is 1.95 bits per heavy atom. The van der Waals surface area contributed by atoms with Gasteiger partial charge in [-0.05, 0) is 30.3 Å². The summed E-state index contributed by atoms with van der Waals surface area (Å²) in [5.41, 5.74) is 5.93. The average molecular weight is 307 g/mol. The maximum absolute atomic E-state index is 11.4. The van der Waals surface area contributed by atoms with Crippen molar-refractivity contribution in [2.75, 3.05) is 6.26 Å². The van der Waals surface area contributed by atoms with Crippen molar-refractivity contribution in [3.05, 3.63) is 48.2 Å². The molecule has 0 saturated heterocycles. The van der Waals surface area contributed by atoms with Gasteiger partial charge < -0.3 is 15.7 Å². The van der Waals surface area contributed by atoms with Gasteiger partial charge in [0.15, 0.2) is 15.7 Å². The standard InChI is InChI=1S/C13H13N3O4S/c1-21(18,19)11-4-2-10(3-5-11)20-12-8-9(6-7-15-12)13(14)16-17/h2-8,17H,1H3,(H2,14,16). The summed E-state index contributed by atoms with van der Waals surface area (Å²) in [5, 5.41) is 11.5. The maximum Gasteiger partial charge on any atom is 0.219 e. The zero-order valence-corrected chi connectivity index (χ0v) is 11.9. The van der Waals surface area contributed by atoms with Crippen LogP contribution in [-0.4, -0.2) is 30.7 Å². The van der Waals surface area contributed by atoms with Gasteiger partial charge in [0.1, 0.15) is 5.75 Å². The number of ether oxygens (including phenoxy) is 1. The summed E-state index contributed by atoms with van der Waals surface area (Å²) in [5.74, 6) is 0.604. The Labute approximate surface area is 121 Å². The van der Waals surface area contributed by atoms with Crippen molar-refractivity contribution in [2.24, 2.45) is 10.9 Å². The zero-order valence-electron chi connectivity index (χ0n) is 11.1. The molecule has 0 unspecified atom stereocenters. The molecule has 110 valence electrons. The second-order valence-corrected chi connectivity index (χ2v) is 6.23. The second kappa shape index (κ2) is 5.80. The van der Waals surface area contributed by atoms with Gasteiger partial charge in [0.05, 0.1) is 4.90 Å². The van der Waals surface area contributed by atoms with E-state index >= 15 is 0 Å². The van der Waals surface area contributed by atoms with Crippen molar-refractivity contribution >= 4 is 15.7 Å². The minimum Gasteiger partial charge on any atom is -0.439 e. The van der Waals surface area contributed by atoms with E-state index in [4.69, 9.17) is 15.7 Å². The molecule has 0 aliphatic carbocycles. The second-order valence-electron chi connectivity index (χ2n) is 4.21. The van der Waals surface area contributed by atoms with Gasteiger partial charge in [0.25, 0.3) is 0 Å². The Hall–Kier alpha value is -2.61. The van der Waals surface area contributed by atoms with Crippen LogP contribution in [0.5, 0.6) is 11.6 Å². The summed E-state index contributed by atoms with van der Waals surface area (Å²) in [6.45, 7) is 0. The molecular weight excluding hydrogens is 294 g/mol. The average Bonchev–Trinajstić information content (AvgIpc) is 2.46. The molecule has 0 amide bonds. The monoisotopic (exact) mass is 307 g/mol. The third-order valence-electron chi connectivity index (χ3n) is 2.61. The van der Waals surface area contributed by atoms with Crippen LogP contribution >= 0.6 is 0 Å². The molecule has 1 heterocycles. The summed E-state index contributed by atoms with van der Waals surface area (Å²) >= 11 is 0. The molecule has 2 aromatic rings. The molecule has 0 radical (unpaired) electrons.